The van der Waals surface area contributed by atoms with Crippen LogP contribution in [-0.2, 0) is 9.53 Å². The molecule has 0 aliphatic rings. The highest BCUT2D eigenvalue weighted by atomic mass is 16.6. The molecule has 0 saturated carbocycles. The molecular weight excluding hydrogens is 212 g/mol. The summed E-state index contributed by atoms with van der Waals surface area (Å²) in [6, 6.07) is 6.11. The van der Waals surface area contributed by atoms with E-state index in [2.05, 4.69) is 4.74 Å². The van der Waals surface area contributed by atoms with E-state index in [1.54, 1.807) is 12.1 Å². The number of aromatic carboxylic acids is 1. The maximum Gasteiger partial charge on any atom is 0.346 e. The number of hydrogen-bond donors (Lipinski definition) is 1. The summed E-state index contributed by atoms with van der Waals surface area (Å²) in [6.45, 7) is 1.49. The van der Waals surface area contributed by atoms with Gasteiger partial charge >= 0.3 is 11.9 Å². The zero-order valence-electron chi connectivity index (χ0n) is 8.97. The normalized spacial score (nSPS) is 11.6. The first-order chi connectivity index (χ1) is 7.56. The fraction of sp³-hybridized carbons (Fsp3) is 0.273. The van der Waals surface area contributed by atoms with Gasteiger partial charge in [-0.3, -0.25) is 0 Å². The fourth-order valence-electron chi connectivity index (χ4n) is 1.15. The van der Waals surface area contributed by atoms with E-state index in [-0.39, 0.29) is 11.3 Å². The first kappa shape index (κ1) is 12.0. The maximum absolute atomic E-state index is 11.1. The molecule has 0 fully saturated rings. The maximum atomic E-state index is 11.1. The molecule has 0 aromatic heterocycles. The van der Waals surface area contributed by atoms with E-state index in [1.807, 2.05) is 0 Å². The minimum absolute atomic E-state index is 0.0123. The SMILES string of the molecule is COC(=O)C(C)Oc1ccccc1C(=O)O. The molecule has 1 rings (SSSR count). The van der Waals surface area contributed by atoms with Crippen molar-refractivity contribution >= 4 is 11.9 Å². The van der Waals surface area contributed by atoms with Gasteiger partial charge in [-0.2, -0.15) is 0 Å². The van der Waals surface area contributed by atoms with Gasteiger partial charge in [0.2, 0.25) is 0 Å². The smallest absolute Gasteiger partial charge is 0.346 e. The molecule has 1 unspecified atom stereocenters. The van der Waals surface area contributed by atoms with Gasteiger partial charge in [0.25, 0.3) is 0 Å². The standard InChI is InChI=1S/C11H12O5/c1-7(11(14)15-2)16-9-6-4-3-5-8(9)10(12)13/h3-7H,1-2H3,(H,12,13). The summed E-state index contributed by atoms with van der Waals surface area (Å²) in [4.78, 5) is 21.9. The highest BCUT2D eigenvalue weighted by molar-refractivity contribution is 5.91. The van der Waals surface area contributed by atoms with E-state index < -0.39 is 18.0 Å². The average Bonchev–Trinajstić information content (AvgIpc) is 2.28. The minimum atomic E-state index is -1.10. The van der Waals surface area contributed by atoms with Gasteiger partial charge in [-0.05, 0) is 19.1 Å². The van der Waals surface area contributed by atoms with Crippen LogP contribution in [-0.4, -0.2) is 30.3 Å². The fourth-order valence-corrected chi connectivity index (χ4v) is 1.15. The number of benzene rings is 1. The van der Waals surface area contributed by atoms with E-state index in [1.165, 1.54) is 26.2 Å². The molecule has 0 amide bonds. The van der Waals surface area contributed by atoms with Crippen molar-refractivity contribution in [3.63, 3.8) is 0 Å². The van der Waals surface area contributed by atoms with E-state index in [0.717, 1.165) is 0 Å². The second kappa shape index (κ2) is 5.16. The molecular formula is C11H12O5. The van der Waals surface area contributed by atoms with Crippen molar-refractivity contribution in [2.45, 2.75) is 13.0 Å². The van der Waals surface area contributed by atoms with Crippen LogP contribution in [0.15, 0.2) is 24.3 Å². The van der Waals surface area contributed by atoms with Crippen LogP contribution in [0.3, 0.4) is 0 Å². The van der Waals surface area contributed by atoms with Gasteiger partial charge in [0.05, 0.1) is 7.11 Å². The van der Waals surface area contributed by atoms with Gasteiger partial charge in [0.15, 0.2) is 6.10 Å². The van der Waals surface area contributed by atoms with E-state index in [4.69, 9.17) is 9.84 Å². The third-order valence-corrected chi connectivity index (χ3v) is 1.95. The molecule has 1 aromatic carbocycles. The molecule has 0 heterocycles. The Labute approximate surface area is 92.6 Å². The lowest BCUT2D eigenvalue weighted by Gasteiger charge is -2.13. The monoisotopic (exact) mass is 224 g/mol. The topological polar surface area (TPSA) is 72.8 Å². The highest BCUT2D eigenvalue weighted by Crippen LogP contribution is 2.19. The number of ether oxygens (including phenoxy) is 2. The zero-order valence-corrected chi connectivity index (χ0v) is 8.97. The summed E-state index contributed by atoms with van der Waals surface area (Å²) in [5.74, 6) is -1.51. The average molecular weight is 224 g/mol. The Morgan fingerprint density at radius 3 is 2.50 bits per heavy atom. The molecule has 0 saturated heterocycles. The Balaban J connectivity index is 2.88. The summed E-state index contributed by atoms with van der Waals surface area (Å²) < 4.78 is 9.68. The van der Waals surface area contributed by atoms with Crippen LogP contribution in [0.4, 0.5) is 0 Å². The third-order valence-electron chi connectivity index (χ3n) is 1.95. The van der Waals surface area contributed by atoms with Crippen molar-refractivity contribution in [1.29, 1.82) is 0 Å². The molecule has 0 aliphatic carbocycles. The van der Waals surface area contributed by atoms with E-state index in [9.17, 15) is 9.59 Å². The van der Waals surface area contributed by atoms with Crippen molar-refractivity contribution < 1.29 is 24.2 Å². The summed E-state index contributed by atoms with van der Waals surface area (Å²) in [5, 5.41) is 8.88. The molecule has 1 atom stereocenters. The first-order valence-electron chi connectivity index (χ1n) is 4.63. The molecule has 0 radical (unpaired) electrons. The molecule has 5 nitrogen and oxygen atoms in total. The number of methoxy groups -OCH3 is 1. The molecule has 0 bridgehead atoms. The van der Waals surface area contributed by atoms with Gasteiger partial charge in [0.1, 0.15) is 11.3 Å². The second-order valence-electron chi connectivity index (χ2n) is 3.08. The summed E-state index contributed by atoms with van der Waals surface area (Å²) in [5.41, 5.74) is 0.0123. The van der Waals surface area contributed by atoms with Gasteiger partial charge in [-0.15, -0.1) is 0 Å². The number of carboxylic acid groups (broad SMARTS) is 1. The molecule has 86 valence electrons. The Morgan fingerprint density at radius 2 is 1.94 bits per heavy atom. The number of carbonyl (C=O) groups is 2. The van der Waals surface area contributed by atoms with Crippen LogP contribution in [0.2, 0.25) is 0 Å². The lowest BCUT2D eigenvalue weighted by molar-refractivity contribution is -0.147. The van der Waals surface area contributed by atoms with Crippen molar-refractivity contribution in [3.8, 4) is 5.75 Å². The number of carbonyl (C=O) groups excluding carboxylic acids is 1. The van der Waals surface area contributed by atoms with Crippen molar-refractivity contribution in [2.24, 2.45) is 0 Å². The third kappa shape index (κ3) is 2.73. The van der Waals surface area contributed by atoms with Gasteiger partial charge in [-0.1, -0.05) is 12.1 Å². The van der Waals surface area contributed by atoms with Crippen molar-refractivity contribution in [3.05, 3.63) is 29.8 Å². The van der Waals surface area contributed by atoms with Gasteiger partial charge in [-0.25, -0.2) is 9.59 Å². The molecule has 1 aromatic rings. The summed E-state index contributed by atoms with van der Waals surface area (Å²) in [7, 11) is 1.24. The van der Waals surface area contributed by atoms with Crippen molar-refractivity contribution in [1.82, 2.24) is 0 Å². The number of rotatable bonds is 4. The molecule has 0 aliphatic heterocycles. The summed E-state index contributed by atoms with van der Waals surface area (Å²) >= 11 is 0. The molecule has 1 N–H and O–H groups in total. The lowest BCUT2D eigenvalue weighted by atomic mass is 10.2. The zero-order chi connectivity index (χ0) is 12.1. The lowest BCUT2D eigenvalue weighted by Crippen LogP contribution is -2.25. The quantitative estimate of drug-likeness (QED) is 0.781. The molecule has 0 spiro atoms. The Hall–Kier alpha value is -2.04. The van der Waals surface area contributed by atoms with Gasteiger partial charge < -0.3 is 14.6 Å². The minimum Gasteiger partial charge on any atom is -0.478 e. The predicted octanol–water partition coefficient (Wildman–Crippen LogP) is 1.33. The van der Waals surface area contributed by atoms with E-state index in [0.29, 0.717) is 0 Å². The molecule has 5 heteroatoms. The van der Waals surface area contributed by atoms with Crippen LogP contribution in [0.25, 0.3) is 0 Å². The largest absolute Gasteiger partial charge is 0.478 e. The van der Waals surface area contributed by atoms with E-state index >= 15 is 0 Å². The van der Waals surface area contributed by atoms with Crippen LogP contribution in [0.1, 0.15) is 17.3 Å². The van der Waals surface area contributed by atoms with Crippen LogP contribution in [0, 0.1) is 0 Å². The number of para-hydroxylation sites is 1. The predicted molar refractivity (Wildman–Crippen MR) is 55.5 cm³/mol. The molecule has 16 heavy (non-hydrogen) atoms. The first-order valence-corrected chi connectivity index (χ1v) is 4.63. The number of esters is 1. The van der Waals surface area contributed by atoms with Crippen molar-refractivity contribution in [2.75, 3.05) is 7.11 Å². The summed E-state index contributed by atoms with van der Waals surface area (Å²) in [6.07, 6.45) is -0.842. The Kier molecular flexibility index (Phi) is 3.88. The van der Waals surface area contributed by atoms with Crippen LogP contribution < -0.4 is 4.74 Å². The number of carboxylic acids is 1. The highest BCUT2D eigenvalue weighted by Gasteiger charge is 2.18. The van der Waals surface area contributed by atoms with Crippen LogP contribution in [0.5, 0.6) is 5.75 Å². The number of hydrogen-bond acceptors (Lipinski definition) is 4. The second-order valence-corrected chi connectivity index (χ2v) is 3.08. The Morgan fingerprint density at radius 1 is 1.31 bits per heavy atom. The van der Waals surface area contributed by atoms with Crippen LogP contribution >= 0.6 is 0 Å². The Bertz CT molecular complexity index is 399. The van der Waals surface area contributed by atoms with Gasteiger partial charge in [0, 0.05) is 0 Å².